The molecule has 0 aliphatic heterocycles. The third-order valence-corrected chi connectivity index (χ3v) is 6.57. The Hall–Kier alpha value is -3.20. The summed E-state index contributed by atoms with van der Waals surface area (Å²) < 4.78 is 6.70. The number of carbonyl (C=O) groups excluding carboxylic acids is 1. The number of rotatable bonds is 6. The van der Waals surface area contributed by atoms with Crippen LogP contribution >= 0.6 is 11.3 Å². The second kappa shape index (κ2) is 8.89. The summed E-state index contributed by atoms with van der Waals surface area (Å²) in [5, 5.41) is 14.4. The van der Waals surface area contributed by atoms with E-state index in [9.17, 15) is 14.7 Å². The molecule has 31 heavy (non-hydrogen) atoms. The Labute approximate surface area is 183 Å². The van der Waals surface area contributed by atoms with Gasteiger partial charge in [0, 0.05) is 4.88 Å². The number of aromatic nitrogens is 2. The van der Waals surface area contributed by atoms with Gasteiger partial charge in [-0.25, -0.2) is 10.4 Å². The molecule has 1 amide bonds. The number of hydrazone groups is 1. The van der Waals surface area contributed by atoms with Gasteiger partial charge in [0.05, 0.1) is 24.5 Å². The van der Waals surface area contributed by atoms with Crippen LogP contribution < -0.4 is 15.7 Å². The van der Waals surface area contributed by atoms with Gasteiger partial charge >= 0.3 is 0 Å². The number of nitrogens with one attached hydrogen (secondary N) is 1. The normalized spacial score (nSPS) is 14.5. The van der Waals surface area contributed by atoms with Crippen LogP contribution in [-0.2, 0) is 17.6 Å². The molecule has 1 atom stereocenters. The number of thiophene rings is 1. The smallest absolute Gasteiger partial charge is 0.263 e. The molecule has 1 unspecified atom stereocenters. The van der Waals surface area contributed by atoms with Gasteiger partial charge in [-0.1, -0.05) is 0 Å². The van der Waals surface area contributed by atoms with E-state index < -0.39 is 11.9 Å². The largest absolute Gasteiger partial charge is 0.504 e. The molecule has 8 nitrogen and oxygen atoms in total. The van der Waals surface area contributed by atoms with Gasteiger partial charge in [0.1, 0.15) is 10.9 Å². The van der Waals surface area contributed by atoms with E-state index in [1.54, 1.807) is 30.4 Å². The fourth-order valence-electron chi connectivity index (χ4n) is 3.71. The molecule has 1 aliphatic carbocycles. The van der Waals surface area contributed by atoms with E-state index in [4.69, 9.17) is 4.74 Å². The molecule has 0 saturated carbocycles. The van der Waals surface area contributed by atoms with Crippen molar-refractivity contribution >= 4 is 33.7 Å². The molecule has 0 bridgehead atoms. The lowest BCUT2D eigenvalue weighted by Gasteiger charge is -2.14. The molecule has 0 fully saturated rings. The maximum Gasteiger partial charge on any atom is 0.263 e. The summed E-state index contributed by atoms with van der Waals surface area (Å²) in [7, 11) is 0. The number of benzene rings is 1. The Kier molecular flexibility index (Phi) is 6.03. The summed E-state index contributed by atoms with van der Waals surface area (Å²) in [6.07, 6.45) is 6.97. The first-order chi connectivity index (χ1) is 15.0. The third kappa shape index (κ3) is 4.18. The molecule has 9 heteroatoms. The molecular formula is C22H24N4O4S. The number of aryl methyl sites for hydroxylation is 2. The molecule has 1 aromatic carbocycles. The number of amides is 1. The number of aromatic hydroxyl groups is 1. The Morgan fingerprint density at radius 1 is 1.42 bits per heavy atom. The van der Waals surface area contributed by atoms with Crippen LogP contribution in [0.2, 0.25) is 0 Å². The van der Waals surface area contributed by atoms with Gasteiger partial charge in [-0.3, -0.25) is 14.2 Å². The third-order valence-electron chi connectivity index (χ3n) is 5.37. The van der Waals surface area contributed by atoms with Gasteiger partial charge < -0.3 is 9.84 Å². The van der Waals surface area contributed by atoms with Crippen LogP contribution in [-0.4, -0.2) is 33.4 Å². The van der Waals surface area contributed by atoms with Crippen molar-refractivity contribution in [1.29, 1.82) is 0 Å². The fraction of sp³-hybridized carbons (Fsp3) is 0.364. The highest BCUT2D eigenvalue weighted by atomic mass is 32.1. The number of phenolic OH excluding ortho intramolecular Hbond substituents is 1. The molecule has 1 aliphatic rings. The van der Waals surface area contributed by atoms with Gasteiger partial charge in [0.2, 0.25) is 0 Å². The van der Waals surface area contributed by atoms with Gasteiger partial charge in [-0.05, 0) is 68.9 Å². The average Bonchev–Trinajstić information content (AvgIpc) is 3.15. The lowest BCUT2D eigenvalue weighted by molar-refractivity contribution is -0.123. The first kappa shape index (κ1) is 21.0. The summed E-state index contributed by atoms with van der Waals surface area (Å²) in [4.78, 5) is 32.1. The average molecular weight is 441 g/mol. The summed E-state index contributed by atoms with van der Waals surface area (Å²) in [5.74, 6) is -0.0434. The van der Waals surface area contributed by atoms with Crippen molar-refractivity contribution < 1.29 is 14.6 Å². The first-order valence-corrected chi connectivity index (χ1v) is 11.1. The quantitative estimate of drug-likeness (QED) is 0.452. The molecule has 2 heterocycles. The van der Waals surface area contributed by atoms with Crippen LogP contribution in [0, 0.1) is 0 Å². The number of ether oxygens (including phenoxy) is 1. The zero-order valence-electron chi connectivity index (χ0n) is 17.4. The van der Waals surface area contributed by atoms with Crippen LogP contribution in [0.5, 0.6) is 11.5 Å². The Morgan fingerprint density at radius 2 is 2.23 bits per heavy atom. The number of phenols is 1. The molecule has 4 rings (SSSR count). The maximum absolute atomic E-state index is 13.1. The molecule has 162 valence electrons. The molecule has 0 saturated heterocycles. The van der Waals surface area contributed by atoms with Gasteiger partial charge in [0.15, 0.2) is 11.5 Å². The predicted molar refractivity (Wildman–Crippen MR) is 120 cm³/mol. The SMILES string of the molecule is CCOc1cc(/C=N/NC(=O)C(C)n2cnc3sc4c(c3c2=O)CCCC4)ccc1O. The minimum atomic E-state index is -0.764. The standard InChI is InChI=1S/C22H24N4O4S/c1-3-30-17-10-14(8-9-16(17)27)11-24-25-20(28)13(2)26-12-23-21-19(22(26)29)15-6-4-5-7-18(15)31-21/h8-13,27H,3-7H2,1-2H3,(H,25,28)/b24-11+. The minimum Gasteiger partial charge on any atom is -0.504 e. The van der Waals surface area contributed by atoms with Crippen molar-refractivity contribution in [1.82, 2.24) is 15.0 Å². The van der Waals surface area contributed by atoms with E-state index in [-0.39, 0.29) is 11.3 Å². The molecule has 0 spiro atoms. The number of carbonyl (C=O) groups is 1. The molecule has 2 N–H and O–H groups in total. The van der Waals surface area contributed by atoms with Crippen LogP contribution in [0.1, 0.15) is 48.7 Å². The topological polar surface area (TPSA) is 106 Å². The van der Waals surface area contributed by atoms with E-state index in [2.05, 4.69) is 15.5 Å². The lowest BCUT2D eigenvalue weighted by Crippen LogP contribution is -2.34. The number of fused-ring (bicyclic) bond motifs is 3. The van der Waals surface area contributed by atoms with Gasteiger partial charge in [0.25, 0.3) is 11.5 Å². The summed E-state index contributed by atoms with van der Waals surface area (Å²) >= 11 is 1.58. The Morgan fingerprint density at radius 3 is 3.03 bits per heavy atom. The lowest BCUT2D eigenvalue weighted by atomic mass is 9.97. The second-order valence-electron chi connectivity index (χ2n) is 7.42. The number of hydrogen-bond acceptors (Lipinski definition) is 7. The summed E-state index contributed by atoms with van der Waals surface area (Å²) in [5.41, 5.74) is 4.04. The van der Waals surface area contributed by atoms with E-state index in [1.807, 2.05) is 6.92 Å². The highest BCUT2D eigenvalue weighted by Gasteiger charge is 2.23. The van der Waals surface area contributed by atoms with Crippen molar-refractivity contribution in [2.45, 2.75) is 45.6 Å². The van der Waals surface area contributed by atoms with Gasteiger partial charge in [-0.15, -0.1) is 11.3 Å². The van der Waals surface area contributed by atoms with Gasteiger partial charge in [-0.2, -0.15) is 5.10 Å². The summed E-state index contributed by atoms with van der Waals surface area (Å²) in [6.45, 7) is 3.89. The molecule has 0 radical (unpaired) electrons. The van der Waals surface area contributed by atoms with Crippen LogP contribution in [0.3, 0.4) is 0 Å². The van der Waals surface area contributed by atoms with E-state index in [1.165, 1.54) is 28.1 Å². The first-order valence-electron chi connectivity index (χ1n) is 10.3. The Balaban J connectivity index is 1.51. The summed E-state index contributed by atoms with van der Waals surface area (Å²) in [6, 6.07) is 4.01. The second-order valence-corrected chi connectivity index (χ2v) is 8.50. The van der Waals surface area contributed by atoms with Crippen molar-refractivity contribution in [2.24, 2.45) is 5.10 Å². The van der Waals surface area contributed by atoms with E-state index in [0.29, 0.717) is 23.3 Å². The van der Waals surface area contributed by atoms with Crippen LogP contribution in [0.4, 0.5) is 0 Å². The molecule has 3 aromatic rings. The molecule has 2 aromatic heterocycles. The Bertz CT molecular complexity index is 1210. The number of nitrogens with zero attached hydrogens (tertiary/aromatic N) is 3. The van der Waals surface area contributed by atoms with E-state index >= 15 is 0 Å². The van der Waals surface area contributed by atoms with Crippen molar-refractivity contribution in [2.75, 3.05) is 6.61 Å². The minimum absolute atomic E-state index is 0.0366. The highest BCUT2D eigenvalue weighted by Crippen LogP contribution is 2.33. The zero-order valence-corrected chi connectivity index (χ0v) is 18.2. The highest BCUT2D eigenvalue weighted by molar-refractivity contribution is 7.18. The number of hydrogen-bond donors (Lipinski definition) is 2. The van der Waals surface area contributed by atoms with Crippen molar-refractivity contribution in [3.05, 3.63) is 50.9 Å². The monoisotopic (exact) mass is 440 g/mol. The fourth-order valence-corrected chi connectivity index (χ4v) is 4.93. The predicted octanol–water partition coefficient (Wildman–Crippen LogP) is 3.15. The molecular weight excluding hydrogens is 416 g/mol. The van der Waals surface area contributed by atoms with Crippen LogP contribution in [0.15, 0.2) is 34.4 Å². The van der Waals surface area contributed by atoms with E-state index in [0.717, 1.165) is 36.1 Å². The van der Waals surface area contributed by atoms with Crippen LogP contribution in [0.25, 0.3) is 10.2 Å². The maximum atomic E-state index is 13.1. The van der Waals surface area contributed by atoms with Crippen molar-refractivity contribution in [3.8, 4) is 11.5 Å². The zero-order chi connectivity index (χ0) is 22.0. The van der Waals surface area contributed by atoms with Crippen molar-refractivity contribution in [3.63, 3.8) is 0 Å².